The summed E-state index contributed by atoms with van der Waals surface area (Å²) in [7, 11) is 0. The van der Waals surface area contributed by atoms with Gasteiger partial charge < -0.3 is 10.9 Å². The van der Waals surface area contributed by atoms with Gasteiger partial charge in [0.25, 0.3) is 0 Å². The van der Waals surface area contributed by atoms with Crippen molar-refractivity contribution in [2.45, 2.75) is 36.6 Å². The van der Waals surface area contributed by atoms with E-state index < -0.39 is 11.7 Å². The zero-order valence-electron chi connectivity index (χ0n) is 10.5. The second-order valence-corrected chi connectivity index (χ2v) is 5.51. The SMILES string of the molecule is CCC(C)Sc1ccc(C(F)(F)F)cc1/C(N)=N/O. The van der Waals surface area contributed by atoms with Crippen molar-refractivity contribution in [3.8, 4) is 0 Å². The van der Waals surface area contributed by atoms with Crippen LogP contribution in [0.5, 0.6) is 0 Å². The molecule has 1 aromatic rings. The minimum atomic E-state index is -4.45. The minimum absolute atomic E-state index is 0.0997. The summed E-state index contributed by atoms with van der Waals surface area (Å²) in [5.74, 6) is -0.322. The Labute approximate surface area is 113 Å². The predicted octanol–water partition coefficient (Wildman–Crippen LogP) is 3.69. The topological polar surface area (TPSA) is 58.6 Å². The van der Waals surface area contributed by atoms with Crippen LogP contribution in [0.4, 0.5) is 13.2 Å². The third kappa shape index (κ3) is 4.05. The summed E-state index contributed by atoms with van der Waals surface area (Å²) in [6.45, 7) is 3.93. The van der Waals surface area contributed by atoms with E-state index in [0.29, 0.717) is 4.90 Å². The average Bonchev–Trinajstić information content (AvgIpc) is 2.36. The zero-order valence-corrected chi connectivity index (χ0v) is 11.3. The molecule has 0 heterocycles. The molecule has 0 spiro atoms. The number of halogens is 3. The molecule has 1 rings (SSSR count). The molecule has 1 unspecified atom stereocenters. The Morgan fingerprint density at radius 1 is 1.47 bits per heavy atom. The maximum absolute atomic E-state index is 12.6. The van der Waals surface area contributed by atoms with Gasteiger partial charge in [-0.05, 0) is 24.6 Å². The number of oxime groups is 1. The number of hydrogen-bond donors (Lipinski definition) is 2. The fourth-order valence-electron chi connectivity index (χ4n) is 1.36. The van der Waals surface area contributed by atoms with Gasteiger partial charge >= 0.3 is 6.18 Å². The maximum atomic E-state index is 12.6. The van der Waals surface area contributed by atoms with Crippen LogP contribution in [0.25, 0.3) is 0 Å². The summed E-state index contributed by atoms with van der Waals surface area (Å²) >= 11 is 1.39. The van der Waals surface area contributed by atoms with Crippen molar-refractivity contribution >= 4 is 17.6 Å². The van der Waals surface area contributed by atoms with Gasteiger partial charge in [-0.1, -0.05) is 19.0 Å². The Morgan fingerprint density at radius 3 is 2.58 bits per heavy atom. The lowest BCUT2D eigenvalue weighted by molar-refractivity contribution is -0.137. The molecule has 0 fully saturated rings. The summed E-state index contributed by atoms with van der Waals surface area (Å²) in [6.07, 6.45) is -3.59. The van der Waals surface area contributed by atoms with Gasteiger partial charge in [-0.3, -0.25) is 0 Å². The summed E-state index contributed by atoms with van der Waals surface area (Å²) in [5, 5.41) is 11.7. The van der Waals surface area contributed by atoms with E-state index in [1.807, 2.05) is 13.8 Å². The van der Waals surface area contributed by atoms with E-state index in [2.05, 4.69) is 5.16 Å². The van der Waals surface area contributed by atoms with Crippen LogP contribution >= 0.6 is 11.8 Å². The highest BCUT2D eigenvalue weighted by molar-refractivity contribution is 8.00. The molecule has 0 radical (unpaired) electrons. The first-order valence-electron chi connectivity index (χ1n) is 5.65. The standard InChI is InChI=1S/C12H15F3N2OS/c1-3-7(2)19-10-5-4-8(12(13,14)15)6-9(10)11(16)17-18/h4-7,18H,3H2,1-2H3,(H2,16,17). The molecule has 0 saturated heterocycles. The molecule has 0 bridgehead atoms. The second-order valence-electron chi connectivity index (χ2n) is 4.03. The highest BCUT2D eigenvalue weighted by Crippen LogP contribution is 2.34. The molecule has 0 aliphatic rings. The van der Waals surface area contributed by atoms with Crippen LogP contribution in [0.2, 0.25) is 0 Å². The zero-order chi connectivity index (χ0) is 14.6. The first-order valence-corrected chi connectivity index (χ1v) is 6.53. The van der Waals surface area contributed by atoms with Crippen molar-refractivity contribution in [3.63, 3.8) is 0 Å². The van der Waals surface area contributed by atoms with Crippen LogP contribution < -0.4 is 5.73 Å². The molecule has 0 aliphatic heterocycles. The first kappa shape index (κ1) is 15.7. The quantitative estimate of drug-likeness (QED) is 0.292. The summed E-state index contributed by atoms with van der Waals surface area (Å²) in [4.78, 5) is 0.567. The minimum Gasteiger partial charge on any atom is -0.409 e. The Balaban J connectivity index is 3.25. The van der Waals surface area contributed by atoms with E-state index in [9.17, 15) is 13.2 Å². The van der Waals surface area contributed by atoms with Crippen molar-refractivity contribution in [3.05, 3.63) is 29.3 Å². The molecular weight excluding hydrogens is 277 g/mol. The molecule has 1 atom stereocenters. The first-order chi connectivity index (χ1) is 8.79. The molecular formula is C12H15F3N2OS. The molecule has 0 aromatic heterocycles. The summed E-state index contributed by atoms with van der Waals surface area (Å²) < 4.78 is 37.9. The molecule has 106 valence electrons. The van der Waals surface area contributed by atoms with Crippen molar-refractivity contribution in [1.29, 1.82) is 0 Å². The van der Waals surface area contributed by atoms with Crippen LogP contribution in [-0.2, 0) is 6.18 Å². The van der Waals surface area contributed by atoms with Gasteiger partial charge in [0, 0.05) is 15.7 Å². The van der Waals surface area contributed by atoms with Gasteiger partial charge in [0.2, 0.25) is 0 Å². The Hall–Kier alpha value is -1.37. The van der Waals surface area contributed by atoms with Crippen LogP contribution in [0, 0.1) is 0 Å². The summed E-state index contributed by atoms with van der Waals surface area (Å²) in [5.41, 5.74) is 4.73. The monoisotopic (exact) mass is 292 g/mol. The number of nitrogens with two attached hydrogens (primary N) is 1. The largest absolute Gasteiger partial charge is 0.416 e. The van der Waals surface area contributed by atoms with Gasteiger partial charge in [-0.2, -0.15) is 13.2 Å². The average molecular weight is 292 g/mol. The summed E-state index contributed by atoms with van der Waals surface area (Å²) in [6, 6.07) is 3.26. The van der Waals surface area contributed by atoms with Crippen LogP contribution in [0.3, 0.4) is 0 Å². The van der Waals surface area contributed by atoms with Gasteiger partial charge in [0.05, 0.1) is 5.56 Å². The number of amidine groups is 1. The number of alkyl halides is 3. The van der Waals surface area contributed by atoms with Crippen molar-refractivity contribution < 1.29 is 18.4 Å². The number of hydrogen-bond acceptors (Lipinski definition) is 3. The molecule has 0 aliphatic carbocycles. The van der Waals surface area contributed by atoms with E-state index in [1.165, 1.54) is 17.8 Å². The van der Waals surface area contributed by atoms with Crippen LogP contribution in [0.15, 0.2) is 28.3 Å². The normalized spacial score (nSPS) is 14.5. The van der Waals surface area contributed by atoms with Gasteiger partial charge in [-0.25, -0.2) is 0 Å². The lowest BCUT2D eigenvalue weighted by Gasteiger charge is -2.14. The molecule has 3 nitrogen and oxygen atoms in total. The number of thioether (sulfide) groups is 1. The van der Waals surface area contributed by atoms with E-state index in [0.717, 1.165) is 18.6 Å². The van der Waals surface area contributed by atoms with Crippen LogP contribution in [-0.4, -0.2) is 16.3 Å². The maximum Gasteiger partial charge on any atom is 0.416 e. The lowest BCUT2D eigenvalue weighted by Crippen LogP contribution is -2.16. The van der Waals surface area contributed by atoms with Crippen molar-refractivity contribution in [1.82, 2.24) is 0 Å². The Morgan fingerprint density at radius 2 is 2.11 bits per heavy atom. The second kappa shape index (κ2) is 6.18. The molecule has 1 aromatic carbocycles. The molecule has 19 heavy (non-hydrogen) atoms. The predicted molar refractivity (Wildman–Crippen MR) is 69.6 cm³/mol. The van der Waals surface area contributed by atoms with Gasteiger partial charge in [-0.15, -0.1) is 11.8 Å². The molecule has 7 heteroatoms. The number of rotatable bonds is 4. The van der Waals surface area contributed by atoms with E-state index in [-0.39, 0.29) is 16.6 Å². The highest BCUT2D eigenvalue weighted by atomic mass is 32.2. The molecule has 3 N–H and O–H groups in total. The van der Waals surface area contributed by atoms with E-state index >= 15 is 0 Å². The van der Waals surface area contributed by atoms with Gasteiger partial charge in [0.1, 0.15) is 0 Å². The third-order valence-electron chi connectivity index (χ3n) is 2.59. The number of nitrogens with zero attached hydrogens (tertiary/aromatic N) is 1. The van der Waals surface area contributed by atoms with E-state index in [4.69, 9.17) is 10.9 Å². The lowest BCUT2D eigenvalue weighted by atomic mass is 10.1. The van der Waals surface area contributed by atoms with Gasteiger partial charge in [0.15, 0.2) is 5.84 Å². The molecule has 0 saturated carbocycles. The van der Waals surface area contributed by atoms with Crippen LogP contribution in [0.1, 0.15) is 31.4 Å². The highest BCUT2D eigenvalue weighted by Gasteiger charge is 2.31. The Bertz CT molecular complexity index is 475. The van der Waals surface area contributed by atoms with Crippen molar-refractivity contribution in [2.75, 3.05) is 0 Å². The smallest absolute Gasteiger partial charge is 0.409 e. The number of benzene rings is 1. The molecule has 0 amide bonds. The Kier molecular flexibility index (Phi) is 5.11. The fraction of sp³-hybridized carbons (Fsp3) is 0.417. The van der Waals surface area contributed by atoms with E-state index in [1.54, 1.807) is 0 Å². The third-order valence-corrected chi connectivity index (χ3v) is 3.94. The fourth-order valence-corrected chi connectivity index (χ4v) is 2.40. The van der Waals surface area contributed by atoms with Crippen molar-refractivity contribution in [2.24, 2.45) is 10.9 Å².